The van der Waals surface area contributed by atoms with Gasteiger partial charge in [-0.2, -0.15) is 0 Å². The van der Waals surface area contributed by atoms with Crippen LogP contribution in [0.3, 0.4) is 0 Å². The molecule has 82 valence electrons. The van der Waals surface area contributed by atoms with Crippen LogP contribution < -0.4 is 0 Å². The van der Waals surface area contributed by atoms with Gasteiger partial charge in [0.05, 0.1) is 11.7 Å². The molecule has 0 aromatic carbocycles. The molecule has 0 aliphatic carbocycles. The highest BCUT2D eigenvalue weighted by Gasteiger charge is 1.60. The van der Waals surface area contributed by atoms with Crippen LogP contribution in [0.5, 0.6) is 0 Å². The van der Waals surface area contributed by atoms with Gasteiger partial charge in [0.25, 0.3) is 0 Å². The zero-order valence-electron chi connectivity index (χ0n) is 8.38. The summed E-state index contributed by atoms with van der Waals surface area (Å²) in [5.41, 5.74) is 1.79. The van der Waals surface area contributed by atoms with E-state index in [1.165, 1.54) is 12.7 Å². The number of hydrogen-bond donors (Lipinski definition) is 0. The van der Waals surface area contributed by atoms with Crippen molar-refractivity contribution in [2.24, 2.45) is 0 Å². The van der Waals surface area contributed by atoms with Crippen molar-refractivity contribution >= 4 is 11.3 Å². The fourth-order valence-electron chi connectivity index (χ4n) is 0.605. The summed E-state index contributed by atoms with van der Waals surface area (Å²) in [5.74, 6) is 0. The van der Waals surface area contributed by atoms with Gasteiger partial charge < -0.3 is 4.42 Å². The maximum Gasteiger partial charge on any atom is 0.180 e. The summed E-state index contributed by atoms with van der Waals surface area (Å²) < 4.78 is 4.47. The van der Waals surface area contributed by atoms with Crippen LogP contribution in [0, 0.1) is 0 Å². The molecular formula is C10H10N4OS. The molecule has 6 heteroatoms. The quantitative estimate of drug-likeness (QED) is 0.597. The van der Waals surface area contributed by atoms with Gasteiger partial charge in [-0.1, -0.05) is 0 Å². The second-order valence-electron chi connectivity index (χ2n) is 2.25. The van der Waals surface area contributed by atoms with Crippen LogP contribution >= 0.6 is 11.3 Å². The molecule has 16 heavy (non-hydrogen) atoms. The van der Waals surface area contributed by atoms with Gasteiger partial charge in [-0.05, 0) is 0 Å². The molecule has 0 bridgehead atoms. The Bertz CT molecular complexity index is 314. The van der Waals surface area contributed by atoms with E-state index in [0.29, 0.717) is 0 Å². The molecule has 0 atom stereocenters. The molecule has 0 saturated heterocycles. The minimum absolute atomic E-state index is 1.38. The third kappa shape index (κ3) is 7.34. The monoisotopic (exact) mass is 234 g/mol. The summed E-state index contributed by atoms with van der Waals surface area (Å²) in [5, 5.41) is 1.93. The Morgan fingerprint density at radius 2 is 1.50 bits per heavy atom. The Labute approximate surface area is 96.9 Å². The lowest BCUT2D eigenvalue weighted by molar-refractivity contribution is 0.558. The smallest absolute Gasteiger partial charge is 0.180 e. The van der Waals surface area contributed by atoms with Gasteiger partial charge in [0.1, 0.15) is 6.26 Å². The van der Waals surface area contributed by atoms with Crippen LogP contribution in [-0.2, 0) is 0 Å². The average molecular weight is 234 g/mol. The van der Waals surface area contributed by atoms with Crippen LogP contribution in [0.1, 0.15) is 0 Å². The summed E-state index contributed by atoms with van der Waals surface area (Å²) in [6, 6.07) is 0. The Morgan fingerprint density at radius 3 is 1.69 bits per heavy atom. The zero-order chi connectivity index (χ0) is 11.3. The van der Waals surface area contributed by atoms with Crippen LogP contribution in [0.2, 0.25) is 0 Å². The molecule has 5 nitrogen and oxygen atoms in total. The Balaban J connectivity index is 0.000000121. The van der Waals surface area contributed by atoms with Gasteiger partial charge in [0.15, 0.2) is 6.39 Å². The number of hydrogen-bond acceptors (Lipinski definition) is 6. The van der Waals surface area contributed by atoms with Crippen LogP contribution in [0.15, 0.2) is 65.1 Å². The summed E-state index contributed by atoms with van der Waals surface area (Å²) in [6.45, 7) is 0. The predicted molar refractivity (Wildman–Crippen MR) is 60.6 cm³/mol. The van der Waals surface area contributed by atoms with Crippen molar-refractivity contribution in [3.63, 3.8) is 0 Å². The van der Waals surface area contributed by atoms with Crippen LogP contribution in [0.25, 0.3) is 0 Å². The number of aromatic nitrogens is 4. The molecule has 0 amide bonds. The summed E-state index contributed by atoms with van der Waals surface area (Å²) in [7, 11) is 0. The van der Waals surface area contributed by atoms with E-state index in [1.54, 1.807) is 54.0 Å². The number of nitrogens with zero attached hydrogens (tertiary/aromatic N) is 4. The zero-order valence-corrected chi connectivity index (χ0v) is 9.20. The summed E-state index contributed by atoms with van der Waals surface area (Å²) >= 11 is 1.60. The highest BCUT2D eigenvalue weighted by atomic mass is 32.1. The number of thiazole rings is 1. The molecule has 3 rings (SSSR count). The molecule has 0 aliphatic rings. The fourth-order valence-corrected chi connectivity index (χ4v) is 0.956. The maximum absolute atomic E-state index is 4.47. The molecule has 0 spiro atoms. The molecule has 0 N–H and O–H groups in total. The van der Waals surface area contributed by atoms with Crippen molar-refractivity contribution in [3.05, 3.63) is 60.7 Å². The lowest BCUT2D eigenvalue weighted by Gasteiger charge is -1.70. The molecule has 0 aliphatic heterocycles. The first-order valence-corrected chi connectivity index (χ1v) is 5.28. The molecule has 0 fully saturated rings. The highest BCUT2D eigenvalue weighted by Crippen LogP contribution is 1.85. The first kappa shape index (κ1) is 12.0. The van der Waals surface area contributed by atoms with Crippen molar-refractivity contribution in [2.45, 2.75) is 0 Å². The van der Waals surface area contributed by atoms with E-state index in [-0.39, 0.29) is 0 Å². The first-order chi connectivity index (χ1) is 8.00. The Kier molecular flexibility index (Phi) is 7.10. The average Bonchev–Trinajstić information content (AvgIpc) is 3.10. The number of rotatable bonds is 0. The van der Waals surface area contributed by atoms with E-state index in [0.717, 1.165) is 0 Å². The van der Waals surface area contributed by atoms with Crippen molar-refractivity contribution in [2.75, 3.05) is 0 Å². The molecule has 3 heterocycles. The third-order valence-electron chi connectivity index (χ3n) is 1.17. The van der Waals surface area contributed by atoms with Crippen LogP contribution in [0.4, 0.5) is 0 Å². The van der Waals surface area contributed by atoms with E-state index in [2.05, 4.69) is 24.4 Å². The lowest BCUT2D eigenvalue weighted by atomic mass is 10.8. The number of oxazole rings is 1. The van der Waals surface area contributed by atoms with Gasteiger partial charge in [0, 0.05) is 36.4 Å². The second-order valence-corrected chi connectivity index (χ2v) is 3.00. The molecular weight excluding hydrogens is 224 g/mol. The molecule has 0 unspecified atom stereocenters. The van der Waals surface area contributed by atoms with Gasteiger partial charge in [-0.3, -0.25) is 15.0 Å². The third-order valence-corrected chi connectivity index (χ3v) is 1.69. The largest absolute Gasteiger partial charge is 0.452 e. The normalized spacial score (nSPS) is 8.00. The highest BCUT2D eigenvalue weighted by molar-refractivity contribution is 7.07. The topological polar surface area (TPSA) is 64.7 Å². The predicted octanol–water partition coefficient (Wildman–Crippen LogP) is 2.29. The second kappa shape index (κ2) is 9.47. The van der Waals surface area contributed by atoms with Gasteiger partial charge in [0.2, 0.25) is 0 Å². The summed E-state index contributed by atoms with van der Waals surface area (Å²) in [6.07, 6.45) is 12.8. The van der Waals surface area contributed by atoms with Crippen molar-refractivity contribution in [3.8, 4) is 0 Å². The van der Waals surface area contributed by atoms with E-state index >= 15 is 0 Å². The SMILES string of the molecule is c1cnccn1.c1cocn1.c1cscn1. The van der Waals surface area contributed by atoms with E-state index < -0.39 is 0 Å². The van der Waals surface area contributed by atoms with Gasteiger partial charge >= 0.3 is 0 Å². The van der Waals surface area contributed by atoms with Gasteiger partial charge in [-0.15, -0.1) is 11.3 Å². The van der Waals surface area contributed by atoms with E-state index in [9.17, 15) is 0 Å². The van der Waals surface area contributed by atoms with E-state index in [1.807, 2.05) is 5.38 Å². The van der Waals surface area contributed by atoms with Crippen molar-refractivity contribution < 1.29 is 4.42 Å². The molecule has 0 radical (unpaired) electrons. The van der Waals surface area contributed by atoms with Crippen LogP contribution in [-0.4, -0.2) is 19.9 Å². The maximum atomic E-state index is 4.47. The van der Waals surface area contributed by atoms with Crippen molar-refractivity contribution in [1.29, 1.82) is 0 Å². The summed E-state index contributed by atoms with van der Waals surface area (Å²) in [4.78, 5) is 14.7. The molecule has 3 aromatic heterocycles. The minimum Gasteiger partial charge on any atom is -0.452 e. The van der Waals surface area contributed by atoms with Crippen molar-refractivity contribution in [1.82, 2.24) is 19.9 Å². The lowest BCUT2D eigenvalue weighted by Crippen LogP contribution is -1.66. The first-order valence-electron chi connectivity index (χ1n) is 4.34. The Hall–Kier alpha value is -2.08. The minimum atomic E-state index is 1.38. The molecule has 0 saturated carbocycles. The van der Waals surface area contributed by atoms with Gasteiger partial charge in [-0.25, -0.2) is 4.98 Å². The molecule has 3 aromatic rings. The van der Waals surface area contributed by atoms with E-state index in [4.69, 9.17) is 0 Å². The Morgan fingerprint density at radius 1 is 0.750 bits per heavy atom. The standard InChI is InChI=1S/C4H4N2.C3H3NO.C3H3NS/c1-2-6-4-3-5-1;2*1-2-5-3-4-1/h1-4H;2*1-3H. The fraction of sp³-hybridized carbons (Fsp3) is 0.